The summed E-state index contributed by atoms with van der Waals surface area (Å²) in [6, 6.07) is 1.60. The van der Waals surface area contributed by atoms with Gasteiger partial charge in [0, 0.05) is 17.9 Å². The van der Waals surface area contributed by atoms with E-state index < -0.39 is 4.92 Å². The van der Waals surface area contributed by atoms with Gasteiger partial charge in [0.15, 0.2) is 0 Å². The van der Waals surface area contributed by atoms with Gasteiger partial charge in [-0.2, -0.15) is 0 Å². The zero-order valence-corrected chi connectivity index (χ0v) is 8.91. The molecule has 0 aliphatic carbocycles. The van der Waals surface area contributed by atoms with Crippen LogP contribution in [0.1, 0.15) is 17.7 Å². The molecule has 5 heteroatoms. The third kappa shape index (κ3) is 3.22. The number of aryl methyl sites for hydroxylation is 1. The van der Waals surface area contributed by atoms with E-state index in [0.717, 1.165) is 0 Å². The van der Waals surface area contributed by atoms with Crippen molar-refractivity contribution in [1.29, 1.82) is 0 Å². The van der Waals surface area contributed by atoms with E-state index in [2.05, 4.69) is 16.8 Å². The van der Waals surface area contributed by atoms with Gasteiger partial charge < -0.3 is 0 Å². The van der Waals surface area contributed by atoms with Gasteiger partial charge in [0.25, 0.3) is 5.69 Å². The molecule has 0 N–H and O–H groups in total. The first-order chi connectivity index (χ1) is 7.15. The Kier molecular flexibility index (Phi) is 4.07. The van der Waals surface area contributed by atoms with Gasteiger partial charge in [0.1, 0.15) is 11.9 Å². The third-order valence-corrected chi connectivity index (χ3v) is 1.90. The molecule has 0 aromatic carbocycles. The summed E-state index contributed by atoms with van der Waals surface area (Å²) in [4.78, 5) is 13.9. The first-order valence-corrected chi connectivity index (χ1v) is 4.84. The Morgan fingerprint density at radius 1 is 1.67 bits per heavy atom. The van der Waals surface area contributed by atoms with Crippen LogP contribution in [0.3, 0.4) is 0 Å². The average molecular weight is 225 g/mol. The monoisotopic (exact) mass is 224 g/mol. The van der Waals surface area contributed by atoms with Crippen LogP contribution in [0.2, 0.25) is 0 Å². The van der Waals surface area contributed by atoms with E-state index in [1.165, 1.54) is 6.20 Å². The molecule has 0 fully saturated rings. The molecule has 0 saturated heterocycles. The molecule has 0 spiro atoms. The molecule has 0 radical (unpaired) electrons. The number of hydrogen-bond acceptors (Lipinski definition) is 3. The second-order valence-electron chi connectivity index (χ2n) is 2.85. The first-order valence-electron chi connectivity index (χ1n) is 4.31. The second kappa shape index (κ2) is 5.32. The van der Waals surface area contributed by atoms with Gasteiger partial charge in [-0.15, -0.1) is 11.6 Å². The van der Waals surface area contributed by atoms with Crippen molar-refractivity contribution in [2.45, 2.75) is 13.3 Å². The predicted octanol–water partition coefficient (Wildman–Crippen LogP) is 2.28. The zero-order chi connectivity index (χ0) is 11.3. The van der Waals surface area contributed by atoms with Crippen LogP contribution in [-0.4, -0.2) is 15.8 Å². The van der Waals surface area contributed by atoms with E-state index in [4.69, 9.17) is 11.6 Å². The lowest BCUT2D eigenvalue weighted by Crippen LogP contribution is -1.94. The number of hydrogen-bond donors (Lipinski definition) is 0. The van der Waals surface area contributed by atoms with Crippen molar-refractivity contribution in [3.63, 3.8) is 0 Å². The molecule has 0 unspecified atom stereocenters. The number of pyridine rings is 1. The van der Waals surface area contributed by atoms with Crippen LogP contribution in [0, 0.1) is 28.9 Å². The number of nitro groups is 1. The van der Waals surface area contributed by atoms with Crippen molar-refractivity contribution < 1.29 is 4.92 Å². The van der Waals surface area contributed by atoms with Crippen molar-refractivity contribution in [2.24, 2.45) is 0 Å². The topological polar surface area (TPSA) is 56.0 Å². The van der Waals surface area contributed by atoms with Crippen molar-refractivity contribution in [3.05, 3.63) is 33.6 Å². The maximum atomic E-state index is 10.5. The van der Waals surface area contributed by atoms with Crippen molar-refractivity contribution >= 4 is 17.3 Å². The number of halogens is 1. The molecule has 0 bridgehead atoms. The van der Waals surface area contributed by atoms with E-state index in [-0.39, 0.29) is 5.69 Å². The highest BCUT2D eigenvalue weighted by Crippen LogP contribution is 2.15. The van der Waals surface area contributed by atoms with Crippen LogP contribution in [0.25, 0.3) is 0 Å². The molecule has 0 aliphatic rings. The summed E-state index contributed by atoms with van der Waals surface area (Å²) in [7, 11) is 0. The molecule has 0 saturated carbocycles. The van der Waals surface area contributed by atoms with Gasteiger partial charge in [-0.05, 0) is 18.9 Å². The van der Waals surface area contributed by atoms with Crippen molar-refractivity contribution in [2.75, 3.05) is 5.88 Å². The SMILES string of the molecule is Cc1cc(C#CCCCl)ncc1[N+](=O)[O-]. The second-order valence-corrected chi connectivity index (χ2v) is 3.23. The summed E-state index contributed by atoms with van der Waals surface area (Å²) in [6.07, 6.45) is 1.80. The zero-order valence-electron chi connectivity index (χ0n) is 8.16. The van der Waals surface area contributed by atoms with E-state index >= 15 is 0 Å². The molecular weight excluding hydrogens is 216 g/mol. The summed E-state index contributed by atoms with van der Waals surface area (Å²) in [5, 5.41) is 10.5. The molecule has 0 amide bonds. The molecule has 1 rings (SSSR count). The highest BCUT2D eigenvalue weighted by molar-refractivity contribution is 6.18. The van der Waals surface area contributed by atoms with Crippen LogP contribution in [0.5, 0.6) is 0 Å². The largest absolute Gasteiger partial charge is 0.290 e. The maximum absolute atomic E-state index is 10.5. The van der Waals surface area contributed by atoms with Crippen LogP contribution in [0.4, 0.5) is 5.69 Å². The fourth-order valence-corrected chi connectivity index (χ4v) is 1.10. The lowest BCUT2D eigenvalue weighted by molar-refractivity contribution is -0.385. The van der Waals surface area contributed by atoms with Gasteiger partial charge >= 0.3 is 0 Å². The lowest BCUT2D eigenvalue weighted by Gasteiger charge is -1.95. The maximum Gasteiger partial charge on any atom is 0.290 e. The Labute approximate surface area is 92.4 Å². The molecule has 15 heavy (non-hydrogen) atoms. The standard InChI is InChI=1S/C10H9ClN2O2/c1-8-6-9(4-2-3-5-11)12-7-10(8)13(14)15/h6-7H,3,5H2,1H3. The quantitative estimate of drug-likeness (QED) is 0.335. The molecule has 1 heterocycles. The Morgan fingerprint density at radius 2 is 2.40 bits per heavy atom. The molecule has 78 valence electrons. The number of aromatic nitrogens is 1. The van der Waals surface area contributed by atoms with E-state index in [9.17, 15) is 10.1 Å². The van der Waals surface area contributed by atoms with Gasteiger partial charge in [-0.1, -0.05) is 5.92 Å². The van der Waals surface area contributed by atoms with Gasteiger partial charge in [0.05, 0.1) is 4.92 Å². The Morgan fingerprint density at radius 3 is 2.93 bits per heavy atom. The van der Waals surface area contributed by atoms with Crippen LogP contribution >= 0.6 is 11.6 Å². The Hall–Kier alpha value is -1.60. The minimum absolute atomic E-state index is 0.0119. The van der Waals surface area contributed by atoms with E-state index in [1.807, 2.05) is 0 Å². The molecular formula is C10H9ClN2O2. The van der Waals surface area contributed by atoms with E-state index in [1.54, 1.807) is 13.0 Å². The minimum atomic E-state index is -0.460. The number of rotatable bonds is 2. The number of nitrogens with zero attached hydrogens (tertiary/aromatic N) is 2. The third-order valence-electron chi connectivity index (χ3n) is 1.72. The molecule has 0 atom stereocenters. The summed E-state index contributed by atoms with van der Waals surface area (Å²) in [5.74, 6) is 6.07. The van der Waals surface area contributed by atoms with Crippen LogP contribution < -0.4 is 0 Å². The fraction of sp³-hybridized carbons (Fsp3) is 0.300. The minimum Gasteiger partial charge on any atom is -0.258 e. The van der Waals surface area contributed by atoms with Gasteiger partial charge in [-0.3, -0.25) is 10.1 Å². The molecule has 1 aromatic heterocycles. The summed E-state index contributed by atoms with van der Waals surface area (Å²) < 4.78 is 0. The molecule has 0 aliphatic heterocycles. The number of alkyl halides is 1. The normalized spacial score (nSPS) is 9.20. The molecule has 1 aromatic rings. The Bertz CT molecular complexity index is 435. The van der Waals surface area contributed by atoms with Crippen molar-refractivity contribution in [3.8, 4) is 11.8 Å². The van der Waals surface area contributed by atoms with E-state index in [0.29, 0.717) is 23.6 Å². The predicted molar refractivity (Wildman–Crippen MR) is 57.8 cm³/mol. The Balaban J connectivity index is 2.93. The van der Waals surface area contributed by atoms with Crippen LogP contribution in [-0.2, 0) is 0 Å². The van der Waals surface area contributed by atoms with Gasteiger partial charge in [-0.25, -0.2) is 4.98 Å². The smallest absolute Gasteiger partial charge is 0.258 e. The summed E-state index contributed by atoms with van der Waals surface area (Å²) in [6.45, 7) is 1.66. The fourth-order valence-electron chi connectivity index (χ4n) is 1.01. The van der Waals surface area contributed by atoms with Crippen LogP contribution in [0.15, 0.2) is 12.3 Å². The highest BCUT2D eigenvalue weighted by atomic mass is 35.5. The summed E-state index contributed by atoms with van der Waals surface area (Å²) >= 11 is 5.45. The average Bonchev–Trinajstić information content (AvgIpc) is 2.17. The summed E-state index contributed by atoms with van der Waals surface area (Å²) in [5.41, 5.74) is 1.10. The lowest BCUT2D eigenvalue weighted by atomic mass is 10.2. The van der Waals surface area contributed by atoms with Gasteiger partial charge in [0.2, 0.25) is 0 Å². The first kappa shape index (κ1) is 11.5. The van der Waals surface area contributed by atoms with Crippen molar-refractivity contribution in [1.82, 2.24) is 4.98 Å². The highest BCUT2D eigenvalue weighted by Gasteiger charge is 2.10. The molecule has 4 nitrogen and oxygen atoms in total.